The van der Waals surface area contributed by atoms with Crippen LogP contribution in [0.2, 0.25) is 0 Å². The van der Waals surface area contributed by atoms with Crippen LogP contribution < -0.4 is 5.32 Å². The van der Waals surface area contributed by atoms with E-state index in [9.17, 15) is 0 Å². The lowest BCUT2D eigenvalue weighted by Crippen LogP contribution is -2.11. The standard InChI is InChI=1S/C18H20N2/c1-19-12-7-13-20-17-11-6-5-10-16(17)14-18(20)15-8-3-2-4-9-15/h2-6,8-11,14,19H,7,12-13H2,1H3. The Morgan fingerprint density at radius 1 is 0.950 bits per heavy atom. The zero-order chi connectivity index (χ0) is 13.8. The topological polar surface area (TPSA) is 17.0 Å². The molecule has 0 spiro atoms. The van der Waals surface area contributed by atoms with Crippen LogP contribution in [0.3, 0.4) is 0 Å². The summed E-state index contributed by atoms with van der Waals surface area (Å²) < 4.78 is 2.43. The number of fused-ring (bicyclic) bond motifs is 1. The van der Waals surface area contributed by atoms with Crippen LogP contribution in [0.25, 0.3) is 22.2 Å². The van der Waals surface area contributed by atoms with E-state index in [4.69, 9.17) is 0 Å². The smallest absolute Gasteiger partial charge is 0.0491 e. The third-order valence-corrected chi connectivity index (χ3v) is 3.69. The van der Waals surface area contributed by atoms with Gasteiger partial charge in [-0.1, -0.05) is 48.5 Å². The molecule has 1 heterocycles. The maximum Gasteiger partial charge on any atom is 0.0491 e. The fourth-order valence-corrected chi connectivity index (χ4v) is 2.71. The summed E-state index contributed by atoms with van der Waals surface area (Å²) in [6.45, 7) is 2.08. The molecule has 0 radical (unpaired) electrons. The van der Waals surface area contributed by atoms with Crippen molar-refractivity contribution >= 4 is 10.9 Å². The summed E-state index contributed by atoms with van der Waals surface area (Å²) in [4.78, 5) is 0. The summed E-state index contributed by atoms with van der Waals surface area (Å²) in [5.41, 5.74) is 3.92. The third-order valence-electron chi connectivity index (χ3n) is 3.69. The Kier molecular flexibility index (Phi) is 3.84. The van der Waals surface area contributed by atoms with Gasteiger partial charge in [-0.15, -0.1) is 0 Å². The van der Waals surface area contributed by atoms with E-state index < -0.39 is 0 Å². The molecule has 0 bridgehead atoms. The molecule has 1 aromatic heterocycles. The number of aryl methyl sites for hydroxylation is 1. The SMILES string of the molecule is CNCCCn1c(-c2ccccc2)cc2ccccc21. The zero-order valence-electron chi connectivity index (χ0n) is 11.8. The molecule has 3 rings (SSSR count). The first-order valence-electron chi connectivity index (χ1n) is 7.18. The van der Waals surface area contributed by atoms with Gasteiger partial charge in [-0.2, -0.15) is 0 Å². The number of aromatic nitrogens is 1. The lowest BCUT2D eigenvalue weighted by molar-refractivity contribution is 0.631. The maximum atomic E-state index is 3.22. The van der Waals surface area contributed by atoms with Gasteiger partial charge in [-0.3, -0.25) is 0 Å². The number of hydrogen-bond donors (Lipinski definition) is 1. The minimum Gasteiger partial charge on any atom is -0.340 e. The van der Waals surface area contributed by atoms with Gasteiger partial charge in [-0.25, -0.2) is 0 Å². The van der Waals surface area contributed by atoms with Crippen LogP contribution in [0.1, 0.15) is 6.42 Å². The Hall–Kier alpha value is -2.06. The molecule has 0 amide bonds. The highest BCUT2D eigenvalue weighted by molar-refractivity contribution is 5.87. The minimum absolute atomic E-state index is 1.04. The average Bonchev–Trinajstić information content (AvgIpc) is 2.87. The largest absolute Gasteiger partial charge is 0.340 e. The van der Waals surface area contributed by atoms with E-state index in [2.05, 4.69) is 70.5 Å². The molecule has 0 aliphatic rings. The van der Waals surface area contributed by atoms with Crippen LogP contribution in [0, 0.1) is 0 Å². The summed E-state index contributed by atoms with van der Waals surface area (Å²) in [6, 6.07) is 21.6. The summed E-state index contributed by atoms with van der Waals surface area (Å²) >= 11 is 0. The van der Waals surface area contributed by atoms with Gasteiger partial charge in [0, 0.05) is 23.1 Å². The fourth-order valence-electron chi connectivity index (χ4n) is 2.71. The van der Waals surface area contributed by atoms with Gasteiger partial charge in [0.1, 0.15) is 0 Å². The highest BCUT2D eigenvalue weighted by Crippen LogP contribution is 2.28. The van der Waals surface area contributed by atoms with E-state index in [1.165, 1.54) is 22.2 Å². The van der Waals surface area contributed by atoms with Crippen LogP contribution in [-0.2, 0) is 6.54 Å². The van der Waals surface area contributed by atoms with Crippen LogP contribution in [-0.4, -0.2) is 18.2 Å². The molecule has 2 heteroatoms. The van der Waals surface area contributed by atoms with Crippen molar-refractivity contribution in [3.63, 3.8) is 0 Å². The lowest BCUT2D eigenvalue weighted by atomic mass is 10.1. The summed E-state index contributed by atoms with van der Waals surface area (Å²) in [5.74, 6) is 0. The number of rotatable bonds is 5. The van der Waals surface area contributed by atoms with Crippen molar-refractivity contribution < 1.29 is 0 Å². The number of hydrogen-bond acceptors (Lipinski definition) is 1. The van der Waals surface area contributed by atoms with E-state index in [-0.39, 0.29) is 0 Å². The van der Waals surface area contributed by atoms with Crippen LogP contribution in [0.4, 0.5) is 0 Å². The quantitative estimate of drug-likeness (QED) is 0.691. The summed E-state index contributed by atoms with van der Waals surface area (Å²) in [7, 11) is 2.01. The van der Waals surface area contributed by atoms with Gasteiger partial charge in [0.05, 0.1) is 0 Å². The summed E-state index contributed by atoms with van der Waals surface area (Å²) in [6.07, 6.45) is 1.13. The van der Waals surface area contributed by atoms with Gasteiger partial charge in [0.15, 0.2) is 0 Å². The molecule has 2 nitrogen and oxygen atoms in total. The monoisotopic (exact) mass is 264 g/mol. The normalized spacial score (nSPS) is 11.1. The van der Waals surface area contributed by atoms with Gasteiger partial charge in [-0.05, 0) is 37.7 Å². The van der Waals surface area contributed by atoms with Crippen LogP contribution in [0.15, 0.2) is 60.7 Å². The zero-order valence-corrected chi connectivity index (χ0v) is 11.8. The van der Waals surface area contributed by atoms with Crippen molar-refractivity contribution in [3.8, 4) is 11.3 Å². The lowest BCUT2D eigenvalue weighted by Gasteiger charge is -2.11. The van der Waals surface area contributed by atoms with E-state index in [0.717, 1.165) is 19.5 Å². The Morgan fingerprint density at radius 2 is 1.70 bits per heavy atom. The Morgan fingerprint density at radius 3 is 2.50 bits per heavy atom. The molecular weight excluding hydrogens is 244 g/mol. The Labute approximate surface area is 120 Å². The van der Waals surface area contributed by atoms with E-state index in [1.54, 1.807) is 0 Å². The van der Waals surface area contributed by atoms with Gasteiger partial charge >= 0.3 is 0 Å². The average molecular weight is 264 g/mol. The Balaban J connectivity index is 2.08. The predicted molar refractivity (Wildman–Crippen MR) is 85.9 cm³/mol. The molecule has 2 aromatic carbocycles. The maximum absolute atomic E-state index is 3.22. The van der Waals surface area contributed by atoms with Crippen molar-refractivity contribution in [3.05, 3.63) is 60.7 Å². The first-order valence-corrected chi connectivity index (χ1v) is 7.18. The van der Waals surface area contributed by atoms with E-state index in [1.807, 2.05) is 7.05 Å². The Bertz CT molecular complexity index is 683. The molecule has 0 saturated carbocycles. The second kappa shape index (κ2) is 5.93. The number of para-hydroxylation sites is 1. The fraction of sp³-hybridized carbons (Fsp3) is 0.222. The molecule has 1 N–H and O–H groups in total. The van der Waals surface area contributed by atoms with Crippen molar-refractivity contribution in [2.75, 3.05) is 13.6 Å². The van der Waals surface area contributed by atoms with Crippen molar-refractivity contribution in [2.45, 2.75) is 13.0 Å². The molecule has 20 heavy (non-hydrogen) atoms. The van der Waals surface area contributed by atoms with Crippen LogP contribution >= 0.6 is 0 Å². The summed E-state index contributed by atoms with van der Waals surface area (Å²) in [5, 5.41) is 4.54. The molecule has 3 aromatic rings. The van der Waals surface area contributed by atoms with Crippen molar-refractivity contribution in [2.24, 2.45) is 0 Å². The number of nitrogens with one attached hydrogen (secondary N) is 1. The molecular formula is C18H20N2. The highest BCUT2D eigenvalue weighted by atomic mass is 15.0. The molecule has 102 valence electrons. The molecule has 0 unspecified atom stereocenters. The molecule has 0 saturated heterocycles. The molecule has 0 aliphatic heterocycles. The van der Waals surface area contributed by atoms with Crippen LogP contribution in [0.5, 0.6) is 0 Å². The second-order valence-corrected chi connectivity index (χ2v) is 5.06. The third kappa shape index (κ3) is 2.47. The van der Waals surface area contributed by atoms with E-state index in [0.29, 0.717) is 0 Å². The number of nitrogens with zero attached hydrogens (tertiary/aromatic N) is 1. The van der Waals surface area contributed by atoms with Gasteiger partial charge < -0.3 is 9.88 Å². The minimum atomic E-state index is 1.04. The molecule has 0 aliphatic carbocycles. The first kappa shape index (κ1) is 12.9. The van der Waals surface area contributed by atoms with E-state index >= 15 is 0 Å². The highest BCUT2D eigenvalue weighted by Gasteiger charge is 2.09. The van der Waals surface area contributed by atoms with Gasteiger partial charge in [0.25, 0.3) is 0 Å². The molecule has 0 fully saturated rings. The van der Waals surface area contributed by atoms with Gasteiger partial charge in [0.2, 0.25) is 0 Å². The predicted octanol–water partition coefficient (Wildman–Crippen LogP) is 3.92. The number of benzene rings is 2. The van der Waals surface area contributed by atoms with Crippen molar-refractivity contribution in [1.82, 2.24) is 9.88 Å². The molecule has 0 atom stereocenters. The first-order chi connectivity index (χ1) is 9.90. The van der Waals surface area contributed by atoms with Crippen molar-refractivity contribution in [1.29, 1.82) is 0 Å². The second-order valence-electron chi connectivity index (χ2n) is 5.06.